The quantitative estimate of drug-likeness (QED) is 0.533. The van der Waals surface area contributed by atoms with Crippen molar-refractivity contribution in [2.24, 2.45) is 5.73 Å². The lowest BCUT2D eigenvalue weighted by atomic mass is 9.77. The van der Waals surface area contributed by atoms with E-state index in [1.165, 1.54) is 16.9 Å². The number of carbonyl (C=O) groups is 2. The summed E-state index contributed by atoms with van der Waals surface area (Å²) in [5.74, 6) is -0.215. The Kier molecular flexibility index (Phi) is 9.06. The fourth-order valence-electron chi connectivity index (χ4n) is 4.70. The van der Waals surface area contributed by atoms with Gasteiger partial charge in [-0.3, -0.25) is 14.5 Å². The Labute approximate surface area is 201 Å². The van der Waals surface area contributed by atoms with Crippen molar-refractivity contribution in [3.05, 3.63) is 58.3 Å². The number of carboxylic acids is 1. The molecule has 1 heterocycles. The summed E-state index contributed by atoms with van der Waals surface area (Å²) >= 11 is 1.80. The molecule has 0 spiro atoms. The van der Waals surface area contributed by atoms with Crippen LogP contribution in [0, 0.1) is 0 Å². The van der Waals surface area contributed by atoms with Gasteiger partial charge in [-0.2, -0.15) is 0 Å². The third kappa shape index (κ3) is 7.13. The van der Waals surface area contributed by atoms with Crippen LogP contribution in [0.2, 0.25) is 0 Å². The SMILES string of the molecule is CN(C)C1(c2cccs2)CCC(NC(=O)CCCC(=O)O)CC1.NC1CC1c1ccccc1. The molecule has 6 nitrogen and oxygen atoms in total. The predicted octanol–water partition coefficient (Wildman–Crippen LogP) is 4.32. The average Bonchev–Trinajstić information content (AvgIpc) is 3.28. The van der Waals surface area contributed by atoms with E-state index in [2.05, 4.69) is 66.1 Å². The van der Waals surface area contributed by atoms with Crippen molar-refractivity contribution in [3.8, 4) is 0 Å². The first-order chi connectivity index (χ1) is 15.8. The number of benzene rings is 1. The molecule has 2 fully saturated rings. The molecule has 0 bridgehead atoms. The highest BCUT2D eigenvalue weighted by Crippen LogP contribution is 2.43. The van der Waals surface area contributed by atoms with Crippen molar-refractivity contribution in [2.75, 3.05) is 14.1 Å². The van der Waals surface area contributed by atoms with Gasteiger partial charge >= 0.3 is 5.97 Å². The normalized spacial score (nSPS) is 26.2. The van der Waals surface area contributed by atoms with Crippen LogP contribution >= 0.6 is 11.3 Å². The molecular weight excluding hydrogens is 434 g/mol. The van der Waals surface area contributed by atoms with Gasteiger partial charge in [-0.1, -0.05) is 36.4 Å². The van der Waals surface area contributed by atoms with Crippen LogP contribution in [0.15, 0.2) is 47.8 Å². The van der Waals surface area contributed by atoms with E-state index in [0.29, 0.717) is 24.8 Å². The number of carbonyl (C=O) groups excluding carboxylic acids is 1. The van der Waals surface area contributed by atoms with Crippen LogP contribution < -0.4 is 11.1 Å². The molecule has 180 valence electrons. The van der Waals surface area contributed by atoms with Crippen molar-refractivity contribution in [3.63, 3.8) is 0 Å². The van der Waals surface area contributed by atoms with Gasteiger partial charge < -0.3 is 16.2 Å². The summed E-state index contributed by atoms with van der Waals surface area (Å²) in [7, 11) is 4.26. The summed E-state index contributed by atoms with van der Waals surface area (Å²) in [6, 6.07) is 15.4. The van der Waals surface area contributed by atoms with Crippen molar-refractivity contribution < 1.29 is 14.7 Å². The summed E-state index contributed by atoms with van der Waals surface area (Å²) < 4.78 is 0. The first-order valence-corrected chi connectivity index (χ1v) is 12.7. The molecule has 2 unspecified atom stereocenters. The predicted molar refractivity (Wildman–Crippen MR) is 133 cm³/mol. The van der Waals surface area contributed by atoms with Crippen LogP contribution in [-0.4, -0.2) is 48.1 Å². The topological polar surface area (TPSA) is 95.7 Å². The maximum Gasteiger partial charge on any atom is 0.303 e. The van der Waals surface area contributed by atoms with Crippen molar-refractivity contribution in [1.82, 2.24) is 10.2 Å². The summed E-state index contributed by atoms with van der Waals surface area (Å²) in [6.07, 6.45) is 5.91. The first-order valence-electron chi connectivity index (χ1n) is 11.8. The monoisotopic (exact) mass is 471 g/mol. The molecule has 0 saturated heterocycles. The highest BCUT2D eigenvalue weighted by Gasteiger charge is 2.39. The van der Waals surface area contributed by atoms with E-state index in [0.717, 1.165) is 25.7 Å². The molecule has 0 aliphatic heterocycles. The number of rotatable bonds is 8. The van der Waals surface area contributed by atoms with Crippen LogP contribution in [0.25, 0.3) is 0 Å². The van der Waals surface area contributed by atoms with Crippen LogP contribution in [0.3, 0.4) is 0 Å². The van der Waals surface area contributed by atoms with Gasteiger partial charge in [0.2, 0.25) is 5.91 Å². The molecule has 0 radical (unpaired) electrons. The molecule has 1 aromatic carbocycles. The zero-order chi connectivity index (χ0) is 23.8. The smallest absolute Gasteiger partial charge is 0.303 e. The Bertz CT molecular complexity index is 877. The Balaban J connectivity index is 0.000000252. The standard InChI is InChI=1S/C17H26N2O3S.C9H11N/c1-19(2)17(14-5-4-12-23-14)10-8-13(9-11-17)18-15(20)6-3-7-16(21)22;10-9-6-8(9)7-4-2-1-3-5-7/h4-5,12-13H,3,6-11H2,1-2H3,(H,18,20)(H,21,22);1-5,8-9H,6,10H2. The zero-order valence-electron chi connectivity index (χ0n) is 19.7. The van der Waals surface area contributed by atoms with Gasteiger partial charge in [0.1, 0.15) is 0 Å². The van der Waals surface area contributed by atoms with E-state index >= 15 is 0 Å². The number of carboxylic acid groups (broad SMARTS) is 1. The van der Waals surface area contributed by atoms with E-state index in [1.54, 1.807) is 11.3 Å². The van der Waals surface area contributed by atoms with E-state index in [1.807, 2.05) is 6.07 Å². The number of thiophene rings is 1. The molecule has 1 aromatic heterocycles. The van der Waals surface area contributed by atoms with Gasteiger partial charge in [0.05, 0.1) is 5.54 Å². The Morgan fingerprint density at radius 3 is 2.30 bits per heavy atom. The minimum atomic E-state index is -0.845. The summed E-state index contributed by atoms with van der Waals surface area (Å²) in [6.45, 7) is 0. The fourth-order valence-corrected chi connectivity index (χ4v) is 5.76. The van der Waals surface area contributed by atoms with Gasteiger partial charge in [-0.25, -0.2) is 0 Å². The fraction of sp³-hybridized carbons (Fsp3) is 0.538. The molecule has 7 heteroatoms. The summed E-state index contributed by atoms with van der Waals surface area (Å²) in [4.78, 5) is 26.1. The number of nitrogens with two attached hydrogens (primary N) is 1. The average molecular weight is 472 g/mol. The van der Waals surface area contributed by atoms with E-state index in [9.17, 15) is 9.59 Å². The van der Waals surface area contributed by atoms with Crippen molar-refractivity contribution >= 4 is 23.2 Å². The summed E-state index contributed by atoms with van der Waals surface area (Å²) in [5, 5.41) is 13.8. The van der Waals surface area contributed by atoms with Gasteiger partial charge in [0, 0.05) is 35.7 Å². The Morgan fingerprint density at radius 1 is 1.12 bits per heavy atom. The molecule has 2 saturated carbocycles. The van der Waals surface area contributed by atoms with Crippen LogP contribution in [0.1, 0.15) is 67.7 Å². The molecule has 2 aliphatic rings. The number of nitrogens with zero attached hydrogens (tertiary/aromatic N) is 1. The second-order valence-electron chi connectivity index (χ2n) is 9.41. The van der Waals surface area contributed by atoms with Gasteiger partial charge in [-0.15, -0.1) is 11.3 Å². The Morgan fingerprint density at radius 2 is 1.79 bits per heavy atom. The molecule has 2 atom stereocenters. The first kappa shape index (κ1) is 25.4. The number of nitrogens with one attached hydrogen (secondary N) is 1. The molecule has 2 aliphatic carbocycles. The number of hydrogen-bond donors (Lipinski definition) is 3. The number of amides is 1. The number of hydrogen-bond acceptors (Lipinski definition) is 5. The second-order valence-corrected chi connectivity index (χ2v) is 10.4. The second kappa shape index (κ2) is 11.8. The summed E-state index contributed by atoms with van der Waals surface area (Å²) in [5.41, 5.74) is 7.18. The molecule has 4 N–H and O–H groups in total. The van der Waals surface area contributed by atoms with Gasteiger partial charge in [-0.05, 0) is 69.6 Å². The van der Waals surface area contributed by atoms with Crippen molar-refractivity contribution in [2.45, 2.75) is 74.9 Å². The zero-order valence-corrected chi connectivity index (χ0v) is 20.5. The molecule has 4 rings (SSSR count). The minimum absolute atomic E-state index is 0.0234. The lowest BCUT2D eigenvalue weighted by Crippen LogP contribution is -2.48. The van der Waals surface area contributed by atoms with E-state index in [-0.39, 0.29) is 23.9 Å². The lowest BCUT2D eigenvalue weighted by molar-refractivity contribution is -0.137. The molecular formula is C26H37N3O3S. The van der Waals surface area contributed by atoms with E-state index in [4.69, 9.17) is 10.8 Å². The molecule has 33 heavy (non-hydrogen) atoms. The highest BCUT2D eigenvalue weighted by atomic mass is 32.1. The van der Waals surface area contributed by atoms with Crippen LogP contribution in [0.4, 0.5) is 0 Å². The van der Waals surface area contributed by atoms with Crippen molar-refractivity contribution in [1.29, 1.82) is 0 Å². The number of aliphatic carboxylic acids is 1. The van der Waals surface area contributed by atoms with Crippen LogP contribution in [-0.2, 0) is 15.1 Å². The third-order valence-electron chi connectivity index (χ3n) is 6.88. The maximum absolute atomic E-state index is 11.9. The van der Waals surface area contributed by atoms with Crippen LogP contribution in [0.5, 0.6) is 0 Å². The maximum atomic E-state index is 11.9. The highest BCUT2D eigenvalue weighted by molar-refractivity contribution is 7.10. The largest absolute Gasteiger partial charge is 0.481 e. The van der Waals surface area contributed by atoms with Gasteiger partial charge in [0.25, 0.3) is 0 Å². The van der Waals surface area contributed by atoms with E-state index < -0.39 is 5.97 Å². The third-order valence-corrected chi connectivity index (χ3v) is 7.94. The molecule has 2 aromatic rings. The Hall–Kier alpha value is -2.22. The van der Waals surface area contributed by atoms with Gasteiger partial charge in [0.15, 0.2) is 0 Å². The minimum Gasteiger partial charge on any atom is -0.481 e. The lowest BCUT2D eigenvalue weighted by Gasteiger charge is -2.44. The molecule has 1 amide bonds.